The third-order valence-corrected chi connectivity index (χ3v) is 2.51. The molecule has 0 fully saturated rings. The normalized spacial score (nSPS) is 11.7. The first kappa shape index (κ1) is 14.2. The molecule has 98 valence electrons. The van der Waals surface area contributed by atoms with Gasteiger partial charge in [0.15, 0.2) is 0 Å². The predicted molar refractivity (Wildman–Crippen MR) is 69.1 cm³/mol. The highest BCUT2D eigenvalue weighted by molar-refractivity contribution is 5.79. The zero-order valence-corrected chi connectivity index (χ0v) is 10.8. The first-order valence-electron chi connectivity index (χ1n) is 6.10. The molecular formula is C14H19NO3. The predicted octanol–water partition coefficient (Wildman–Crippen LogP) is 2.67. The van der Waals surface area contributed by atoms with Gasteiger partial charge in [-0.25, -0.2) is 4.79 Å². The first-order valence-corrected chi connectivity index (χ1v) is 6.10. The van der Waals surface area contributed by atoms with Gasteiger partial charge in [0, 0.05) is 18.9 Å². The van der Waals surface area contributed by atoms with Crippen molar-refractivity contribution in [2.24, 2.45) is 0 Å². The van der Waals surface area contributed by atoms with Gasteiger partial charge >= 0.3 is 6.09 Å². The maximum absolute atomic E-state index is 11.5. The molecule has 1 amide bonds. The van der Waals surface area contributed by atoms with E-state index in [4.69, 9.17) is 4.74 Å². The van der Waals surface area contributed by atoms with E-state index >= 15 is 0 Å². The molecule has 1 N–H and O–H groups in total. The maximum atomic E-state index is 11.5. The molecule has 4 nitrogen and oxygen atoms in total. The van der Waals surface area contributed by atoms with Crippen molar-refractivity contribution in [1.29, 1.82) is 0 Å². The summed E-state index contributed by atoms with van der Waals surface area (Å²) >= 11 is 0. The van der Waals surface area contributed by atoms with Crippen LogP contribution < -0.4 is 5.32 Å². The van der Waals surface area contributed by atoms with Gasteiger partial charge < -0.3 is 10.1 Å². The second-order valence-corrected chi connectivity index (χ2v) is 4.20. The number of hydrogen-bond acceptors (Lipinski definition) is 3. The van der Waals surface area contributed by atoms with Gasteiger partial charge in [0.1, 0.15) is 12.4 Å². The lowest BCUT2D eigenvalue weighted by Crippen LogP contribution is -2.34. The summed E-state index contributed by atoms with van der Waals surface area (Å²) in [6.07, 6.45) is 0.345. The standard InChI is InChI=1S/C14H19NO3/c1-3-13(16)9-11(2)15-14(17)18-10-12-7-5-4-6-8-12/h4-8,11H,3,9-10H2,1-2H3,(H,15,17). The maximum Gasteiger partial charge on any atom is 0.407 e. The number of carbonyl (C=O) groups is 2. The van der Waals surface area contributed by atoms with Crippen molar-refractivity contribution in [3.8, 4) is 0 Å². The Morgan fingerprint density at radius 1 is 1.28 bits per heavy atom. The van der Waals surface area contributed by atoms with Crippen LogP contribution in [0.1, 0.15) is 32.3 Å². The highest BCUT2D eigenvalue weighted by atomic mass is 16.5. The van der Waals surface area contributed by atoms with Crippen molar-refractivity contribution >= 4 is 11.9 Å². The highest BCUT2D eigenvalue weighted by Gasteiger charge is 2.11. The van der Waals surface area contributed by atoms with Crippen LogP contribution in [-0.2, 0) is 16.1 Å². The molecule has 0 saturated heterocycles. The average molecular weight is 249 g/mol. The Morgan fingerprint density at radius 3 is 2.56 bits per heavy atom. The summed E-state index contributed by atoms with van der Waals surface area (Å²) in [5.41, 5.74) is 0.935. The number of alkyl carbamates (subject to hydrolysis) is 1. The molecule has 0 saturated carbocycles. The fourth-order valence-corrected chi connectivity index (χ4v) is 1.50. The molecule has 0 radical (unpaired) electrons. The van der Waals surface area contributed by atoms with Crippen molar-refractivity contribution in [2.45, 2.75) is 39.3 Å². The number of hydrogen-bond donors (Lipinski definition) is 1. The van der Waals surface area contributed by atoms with Crippen LogP contribution >= 0.6 is 0 Å². The zero-order valence-electron chi connectivity index (χ0n) is 10.8. The minimum atomic E-state index is -0.491. The number of carbonyl (C=O) groups excluding carboxylic acids is 2. The molecule has 1 atom stereocenters. The van der Waals surface area contributed by atoms with Crippen LogP contribution in [0.25, 0.3) is 0 Å². The smallest absolute Gasteiger partial charge is 0.407 e. The Kier molecular flexibility index (Phi) is 5.91. The van der Waals surface area contributed by atoms with E-state index in [0.717, 1.165) is 5.56 Å². The van der Waals surface area contributed by atoms with Crippen LogP contribution in [-0.4, -0.2) is 17.9 Å². The van der Waals surface area contributed by atoms with Gasteiger partial charge in [-0.3, -0.25) is 4.79 Å². The third kappa shape index (κ3) is 5.48. The van der Waals surface area contributed by atoms with Gasteiger partial charge in [-0.2, -0.15) is 0 Å². The fraction of sp³-hybridized carbons (Fsp3) is 0.429. The molecule has 0 spiro atoms. The highest BCUT2D eigenvalue weighted by Crippen LogP contribution is 2.01. The van der Waals surface area contributed by atoms with E-state index in [1.54, 1.807) is 6.92 Å². The molecule has 1 aromatic carbocycles. The summed E-state index contributed by atoms with van der Waals surface area (Å²) in [6.45, 7) is 3.83. The monoisotopic (exact) mass is 249 g/mol. The Hall–Kier alpha value is -1.84. The Balaban J connectivity index is 2.27. The molecule has 0 aliphatic carbocycles. The van der Waals surface area contributed by atoms with E-state index in [0.29, 0.717) is 12.8 Å². The fourth-order valence-electron chi connectivity index (χ4n) is 1.50. The van der Waals surface area contributed by atoms with Crippen molar-refractivity contribution in [1.82, 2.24) is 5.32 Å². The largest absolute Gasteiger partial charge is 0.445 e. The molecular weight excluding hydrogens is 230 g/mol. The van der Waals surface area contributed by atoms with Gasteiger partial charge in [-0.1, -0.05) is 37.3 Å². The Labute approximate surface area is 107 Å². The second kappa shape index (κ2) is 7.48. The second-order valence-electron chi connectivity index (χ2n) is 4.20. The lowest BCUT2D eigenvalue weighted by molar-refractivity contribution is -0.119. The van der Waals surface area contributed by atoms with Crippen molar-refractivity contribution in [3.05, 3.63) is 35.9 Å². The number of ether oxygens (including phenoxy) is 1. The van der Waals surface area contributed by atoms with Crippen LogP contribution in [0.2, 0.25) is 0 Å². The van der Waals surface area contributed by atoms with Crippen molar-refractivity contribution in [2.75, 3.05) is 0 Å². The van der Waals surface area contributed by atoms with E-state index in [9.17, 15) is 9.59 Å². The molecule has 1 aromatic rings. The molecule has 0 aromatic heterocycles. The summed E-state index contributed by atoms with van der Waals surface area (Å²) in [5.74, 6) is 0.130. The third-order valence-electron chi connectivity index (χ3n) is 2.51. The Bertz CT molecular complexity index is 389. The average Bonchev–Trinajstić information content (AvgIpc) is 2.37. The topological polar surface area (TPSA) is 55.4 Å². The number of nitrogens with one attached hydrogen (secondary N) is 1. The zero-order chi connectivity index (χ0) is 13.4. The van der Waals surface area contributed by atoms with Gasteiger partial charge in [-0.05, 0) is 12.5 Å². The van der Waals surface area contributed by atoms with E-state index < -0.39 is 6.09 Å². The van der Waals surface area contributed by atoms with Gasteiger partial charge in [0.05, 0.1) is 0 Å². The number of Topliss-reactive ketones (excluding diaryl/α,β-unsaturated/α-hetero) is 1. The number of rotatable bonds is 6. The molecule has 1 unspecified atom stereocenters. The summed E-state index contributed by atoms with van der Waals surface area (Å²) < 4.78 is 5.05. The molecule has 0 aliphatic heterocycles. The van der Waals surface area contributed by atoms with Crippen LogP contribution in [0.3, 0.4) is 0 Å². The van der Waals surface area contributed by atoms with E-state index in [1.807, 2.05) is 37.3 Å². The van der Waals surface area contributed by atoms with Crippen LogP contribution in [0.15, 0.2) is 30.3 Å². The van der Waals surface area contributed by atoms with Gasteiger partial charge in [-0.15, -0.1) is 0 Å². The number of ketones is 1. The molecule has 0 bridgehead atoms. The lowest BCUT2D eigenvalue weighted by atomic mass is 10.1. The van der Waals surface area contributed by atoms with E-state index in [1.165, 1.54) is 0 Å². The first-order chi connectivity index (χ1) is 8.61. The van der Waals surface area contributed by atoms with E-state index in [2.05, 4.69) is 5.32 Å². The summed E-state index contributed by atoms with van der Waals surface area (Å²) in [5, 5.41) is 2.63. The quantitative estimate of drug-likeness (QED) is 0.843. The van der Waals surface area contributed by atoms with E-state index in [-0.39, 0.29) is 18.4 Å². The van der Waals surface area contributed by atoms with Crippen LogP contribution in [0.4, 0.5) is 4.79 Å². The van der Waals surface area contributed by atoms with Crippen LogP contribution in [0.5, 0.6) is 0 Å². The van der Waals surface area contributed by atoms with Crippen LogP contribution in [0, 0.1) is 0 Å². The molecule has 1 rings (SSSR count). The molecule has 18 heavy (non-hydrogen) atoms. The molecule has 4 heteroatoms. The number of benzene rings is 1. The molecule has 0 aliphatic rings. The van der Waals surface area contributed by atoms with Crippen molar-refractivity contribution < 1.29 is 14.3 Å². The lowest BCUT2D eigenvalue weighted by Gasteiger charge is -2.12. The van der Waals surface area contributed by atoms with Gasteiger partial charge in [0.25, 0.3) is 0 Å². The molecule has 0 heterocycles. The summed E-state index contributed by atoms with van der Waals surface area (Å²) in [4.78, 5) is 22.6. The summed E-state index contributed by atoms with van der Waals surface area (Å²) in [7, 11) is 0. The van der Waals surface area contributed by atoms with Crippen molar-refractivity contribution in [3.63, 3.8) is 0 Å². The number of amides is 1. The minimum absolute atomic E-state index is 0.130. The summed E-state index contributed by atoms with van der Waals surface area (Å²) in [6, 6.07) is 9.26. The van der Waals surface area contributed by atoms with Gasteiger partial charge in [0.2, 0.25) is 0 Å². The SMILES string of the molecule is CCC(=O)CC(C)NC(=O)OCc1ccccc1. The minimum Gasteiger partial charge on any atom is -0.445 e. The Morgan fingerprint density at radius 2 is 1.94 bits per heavy atom.